The summed E-state index contributed by atoms with van der Waals surface area (Å²) in [6.07, 6.45) is 3.58. The number of hydrogen-bond donors (Lipinski definition) is 1. The van der Waals surface area contributed by atoms with Gasteiger partial charge in [0.25, 0.3) is 5.91 Å². The molecule has 3 aromatic rings. The number of hydrogen-bond acceptors (Lipinski definition) is 3. The Labute approximate surface area is 169 Å². The van der Waals surface area contributed by atoms with E-state index in [-0.39, 0.29) is 11.9 Å². The van der Waals surface area contributed by atoms with Crippen molar-refractivity contribution in [2.45, 2.75) is 6.04 Å². The van der Waals surface area contributed by atoms with Gasteiger partial charge in [-0.25, -0.2) is 4.98 Å². The fourth-order valence-corrected chi connectivity index (χ4v) is 4.97. The molecular formula is C22H21ClN4O. The normalized spacial score (nSPS) is 23.8. The van der Waals surface area contributed by atoms with Crippen molar-refractivity contribution in [3.63, 3.8) is 0 Å². The second-order valence-corrected chi connectivity index (χ2v) is 7.94. The Morgan fingerprint density at radius 1 is 1.04 bits per heavy atom. The average Bonchev–Trinajstić information content (AvgIpc) is 3.44. The van der Waals surface area contributed by atoms with Crippen molar-refractivity contribution in [1.29, 1.82) is 0 Å². The first kappa shape index (κ1) is 17.3. The molecule has 6 heteroatoms. The van der Waals surface area contributed by atoms with Crippen LogP contribution < -0.4 is 4.90 Å². The summed E-state index contributed by atoms with van der Waals surface area (Å²) in [7, 11) is 0. The van der Waals surface area contributed by atoms with Crippen LogP contribution in [0.1, 0.15) is 22.1 Å². The molecule has 0 radical (unpaired) electrons. The number of H-pyrrole nitrogens is 1. The van der Waals surface area contributed by atoms with Gasteiger partial charge >= 0.3 is 0 Å². The van der Waals surface area contributed by atoms with Gasteiger partial charge < -0.3 is 14.8 Å². The number of carbonyl (C=O) groups is 1. The third-order valence-corrected chi connectivity index (χ3v) is 6.23. The Morgan fingerprint density at radius 3 is 2.64 bits per heavy atom. The summed E-state index contributed by atoms with van der Waals surface area (Å²) in [6, 6.07) is 17.9. The van der Waals surface area contributed by atoms with Gasteiger partial charge in [-0.2, -0.15) is 0 Å². The summed E-state index contributed by atoms with van der Waals surface area (Å²) in [5.74, 6) is 1.64. The third-order valence-electron chi connectivity index (χ3n) is 5.93. The molecule has 0 bridgehead atoms. The number of nitrogens with zero attached hydrogens (tertiary/aromatic N) is 3. The number of carbonyl (C=O) groups excluding carboxylic acids is 1. The van der Waals surface area contributed by atoms with E-state index in [0.717, 1.165) is 25.5 Å². The van der Waals surface area contributed by atoms with Crippen LogP contribution in [-0.2, 0) is 0 Å². The number of anilines is 1. The van der Waals surface area contributed by atoms with Crippen LogP contribution in [0.3, 0.4) is 0 Å². The summed E-state index contributed by atoms with van der Waals surface area (Å²) < 4.78 is 0. The van der Waals surface area contributed by atoms with Gasteiger partial charge in [0.15, 0.2) is 0 Å². The topological polar surface area (TPSA) is 52.2 Å². The molecule has 2 aliphatic rings. The Balaban J connectivity index is 1.47. The van der Waals surface area contributed by atoms with Crippen LogP contribution in [0, 0.1) is 11.8 Å². The zero-order chi connectivity index (χ0) is 19.1. The highest BCUT2D eigenvalue weighted by molar-refractivity contribution is 6.32. The molecule has 0 saturated carbocycles. The molecule has 2 aromatic heterocycles. The summed E-state index contributed by atoms with van der Waals surface area (Å²) >= 11 is 6.39. The smallest absolute Gasteiger partial charge is 0.270 e. The van der Waals surface area contributed by atoms with E-state index in [1.807, 2.05) is 47.4 Å². The van der Waals surface area contributed by atoms with Crippen molar-refractivity contribution in [2.75, 3.05) is 24.5 Å². The van der Waals surface area contributed by atoms with Crippen molar-refractivity contribution in [3.05, 3.63) is 83.3 Å². The van der Waals surface area contributed by atoms with Crippen LogP contribution in [0.25, 0.3) is 0 Å². The highest BCUT2D eigenvalue weighted by atomic mass is 35.5. The van der Waals surface area contributed by atoms with Gasteiger partial charge in [0.05, 0.1) is 11.1 Å². The Kier molecular flexibility index (Phi) is 4.32. The Hall–Kier alpha value is -2.79. The van der Waals surface area contributed by atoms with Gasteiger partial charge in [-0.1, -0.05) is 41.9 Å². The van der Waals surface area contributed by atoms with Crippen LogP contribution in [0.5, 0.6) is 0 Å². The predicted octanol–water partition coefficient (Wildman–Crippen LogP) is 4.01. The molecule has 5 rings (SSSR count). The number of rotatable bonds is 3. The Morgan fingerprint density at radius 2 is 1.89 bits per heavy atom. The number of amides is 1. The maximum Gasteiger partial charge on any atom is 0.270 e. The number of pyridine rings is 1. The van der Waals surface area contributed by atoms with Gasteiger partial charge in [0.1, 0.15) is 11.5 Å². The van der Waals surface area contributed by atoms with Gasteiger partial charge in [0.2, 0.25) is 0 Å². The molecule has 1 N–H and O–H groups in total. The summed E-state index contributed by atoms with van der Waals surface area (Å²) in [5.41, 5.74) is 1.83. The standard InChI is InChI=1S/C22H21ClN4O/c23-18-8-4-11-25-21(18)26-12-16-13-27(22(28)19-9-5-10-24-19)20(17(16)14-26)15-6-2-1-3-7-15/h1-11,16-17,20,24H,12-14H2/t16-,17-,20+/m0/s1. The molecule has 142 valence electrons. The highest BCUT2D eigenvalue weighted by Crippen LogP contribution is 2.46. The second kappa shape index (κ2) is 6.99. The number of fused-ring (bicyclic) bond motifs is 1. The lowest BCUT2D eigenvalue weighted by molar-refractivity contribution is 0.0710. The minimum absolute atomic E-state index is 0.0505. The number of nitrogens with one attached hydrogen (secondary N) is 1. The van der Waals surface area contributed by atoms with E-state index in [4.69, 9.17) is 11.6 Å². The SMILES string of the molecule is O=C(c1ccc[nH]1)N1C[C@@H]2CN(c3ncccc3Cl)C[C@@H]2[C@H]1c1ccccc1. The summed E-state index contributed by atoms with van der Waals surface area (Å²) in [4.78, 5) is 25.0. The maximum atomic E-state index is 13.2. The molecule has 0 unspecified atom stereocenters. The van der Waals surface area contributed by atoms with E-state index in [1.54, 1.807) is 12.4 Å². The molecule has 2 saturated heterocycles. The summed E-state index contributed by atoms with van der Waals surface area (Å²) in [5, 5.41) is 0.679. The molecule has 1 aromatic carbocycles. The van der Waals surface area contributed by atoms with Gasteiger partial charge in [-0.3, -0.25) is 4.79 Å². The number of benzene rings is 1. The fraction of sp³-hybridized carbons (Fsp3) is 0.273. The number of likely N-dealkylation sites (tertiary alicyclic amines) is 1. The van der Waals surface area contributed by atoms with Crippen LogP contribution in [0.4, 0.5) is 5.82 Å². The third kappa shape index (κ3) is 2.87. The molecule has 4 heterocycles. The van der Waals surface area contributed by atoms with E-state index in [2.05, 4.69) is 27.0 Å². The lowest BCUT2D eigenvalue weighted by Crippen LogP contribution is -2.36. The number of halogens is 1. The highest BCUT2D eigenvalue weighted by Gasteiger charge is 2.49. The first-order valence-corrected chi connectivity index (χ1v) is 9.95. The molecule has 0 aliphatic carbocycles. The Bertz CT molecular complexity index is 975. The number of aromatic amines is 1. The predicted molar refractivity (Wildman–Crippen MR) is 109 cm³/mol. The van der Waals surface area contributed by atoms with E-state index >= 15 is 0 Å². The molecule has 2 aliphatic heterocycles. The zero-order valence-electron chi connectivity index (χ0n) is 15.3. The van der Waals surface area contributed by atoms with E-state index < -0.39 is 0 Å². The molecule has 0 spiro atoms. The fourth-order valence-electron chi connectivity index (χ4n) is 4.73. The average molecular weight is 393 g/mol. The molecule has 5 nitrogen and oxygen atoms in total. The van der Waals surface area contributed by atoms with Crippen LogP contribution in [0.2, 0.25) is 5.02 Å². The molecule has 28 heavy (non-hydrogen) atoms. The van der Waals surface area contributed by atoms with Crippen LogP contribution >= 0.6 is 11.6 Å². The van der Waals surface area contributed by atoms with Crippen LogP contribution in [-0.4, -0.2) is 40.4 Å². The minimum atomic E-state index is 0.0505. The van der Waals surface area contributed by atoms with E-state index in [1.165, 1.54) is 5.56 Å². The zero-order valence-corrected chi connectivity index (χ0v) is 16.1. The molecule has 1 amide bonds. The molecule has 3 atom stereocenters. The number of aromatic nitrogens is 2. The molecular weight excluding hydrogens is 372 g/mol. The van der Waals surface area contributed by atoms with Gasteiger partial charge in [-0.05, 0) is 29.8 Å². The first-order chi connectivity index (χ1) is 13.7. The van der Waals surface area contributed by atoms with Crippen molar-refractivity contribution in [2.24, 2.45) is 11.8 Å². The van der Waals surface area contributed by atoms with Crippen molar-refractivity contribution >= 4 is 23.3 Å². The lowest BCUT2D eigenvalue weighted by atomic mass is 9.89. The molecule has 2 fully saturated rings. The minimum Gasteiger partial charge on any atom is -0.357 e. The monoisotopic (exact) mass is 392 g/mol. The van der Waals surface area contributed by atoms with Crippen molar-refractivity contribution < 1.29 is 4.79 Å². The van der Waals surface area contributed by atoms with Crippen molar-refractivity contribution in [3.8, 4) is 0 Å². The van der Waals surface area contributed by atoms with Gasteiger partial charge in [-0.15, -0.1) is 0 Å². The van der Waals surface area contributed by atoms with Gasteiger partial charge in [0, 0.05) is 43.9 Å². The van der Waals surface area contributed by atoms with Crippen LogP contribution in [0.15, 0.2) is 67.0 Å². The largest absolute Gasteiger partial charge is 0.357 e. The maximum absolute atomic E-state index is 13.2. The summed E-state index contributed by atoms with van der Waals surface area (Å²) in [6.45, 7) is 2.44. The quantitative estimate of drug-likeness (QED) is 0.732. The van der Waals surface area contributed by atoms with Crippen molar-refractivity contribution in [1.82, 2.24) is 14.9 Å². The first-order valence-electron chi connectivity index (χ1n) is 9.57. The lowest BCUT2D eigenvalue weighted by Gasteiger charge is -2.30. The second-order valence-electron chi connectivity index (χ2n) is 7.53. The van der Waals surface area contributed by atoms with E-state index in [9.17, 15) is 4.79 Å². The van der Waals surface area contributed by atoms with E-state index in [0.29, 0.717) is 22.6 Å².